The molecule has 0 saturated heterocycles. The van der Waals surface area contributed by atoms with Crippen molar-refractivity contribution in [3.8, 4) is 0 Å². The third-order valence-corrected chi connectivity index (χ3v) is 5.31. The second-order valence-corrected chi connectivity index (χ2v) is 6.72. The lowest BCUT2D eigenvalue weighted by atomic mass is 10.5. The van der Waals surface area contributed by atoms with E-state index in [1.54, 1.807) is 0 Å². The van der Waals surface area contributed by atoms with Gasteiger partial charge in [0, 0.05) is 13.1 Å². The molecule has 0 fully saturated rings. The van der Waals surface area contributed by atoms with Gasteiger partial charge in [-0.25, -0.2) is 17.8 Å². The molecule has 0 radical (unpaired) electrons. The summed E-state index contributed by atoms with van der Waals surface area (Å²) in [4.78, 5) is 13.7. The van der Waals surface area contributed by atoms with E-state index < -0.39 is 20.8 Å². The molecule has 21 heavy (non-hydrogen) atoms. The van der Waals surface area contributed by atoms with Crippen molar-refractivity contribution in [2.24, 2.45) is 0 Å². The van der Waals surface area contributed by atoms with Gasteiger partial charge >= 0.3 is 5.69 Å². The fraction of sp³-hybridized carbons (Fsp3) is 0.100. The third-order valence-electron chi connectivity index (χ3n) is 2.34. The number of sulfonamides is 1. The molecule has 0 spiro atoms. The Hall–Kier alpha value is -2.27. The highest BCUT2D eigenvalue weighted by molar-refractivity contribution is 7.94. The quantitative estimate of drug-likeness (QED) is 0.639. The summed E-state index contributed by atoms with van der Waals surface area (Å²) in [6, 6.07) is 3.14. The van der Waals surface area contributed by atoms with E-state index in [1.807, 2.05) is 0 Å². The van der Waals surface area contributed by atoms with E-state index >= 15 is 0 Å². The maximum Gasteiger partial charge on any atom is 0.304 e. The van der Waals surface area contributed by atoms with Gasteiger partial charge in [-0.2, -0.15) is 0 Å². The zero-order valence-corrected chi connectivity index (χ0v) is 12.2. The van der Waals surface area contributed by atoms with Crippen molar-refractivity contribution >= 4 is 37.9 Å². The summed E-state index contributed by atoms with van der Waals surface area (Å²) >= 11 is 0.712. The maximum atomic E-state index is 12.7. The number of halogens is 1. The number of nitrogens with zero attached hydrogens (tertiary/aromatic N) is 2. The van der Waals surface area contributed by atoms with Crippen LogP contribution in [0.1, 0.15) is 0 Å². The van der Waals surface area contributed by atoms with Gasteiger partial charge in [0.05, 0.1) is 11.1 Å². The van der Waals surface area contributed by atoms with Gasteiger partial charge in [0.1, 0.15) is 15.8 Å². The summed E-state index contributed by atoms with van der Waals surface area (Å²) in [5.74, 6) is -0.694. The van der Waals surface area contributed by atoms with Crippen molar-refractivity contribution in [3.05, 3.63) is 40.3 Å². The van der Waals surface area contributed by atoms with Crippen LogP contribution >= 0.6 is 11.3 Å². The Morgan fingerprint density at radius 1 is 1.43 bits per heavy atom. The Kier molecular flexibility index (Phi) is 4.04. The number of nitro groups is 1. The first-order valence-corrected chi connectivity index (χ1v) is 7.74. The average Bonchev–Trinajstić information content (AvgIpc) is 2.86. The van der Waals surface area contributed by atoms with Crippen LogP contribution in [0.15, 0.2) is 28.6 Å². The van der Waals surface area contributed by atoms with Crippen LogP contribution in [0.5, 0.6) is 0 Å². The van der Waals surface area contributed by atoms with Crippen LogP contribution in [0.4, 0.5) is 20.9 Å². The normalized spacial score (nSPS) is 11.1. The lowest BCUT2D eigenvalue weighted by Gasteiger charge is -2.04. The van der Waals surface area contributed by atoms with E-state index in [-0.39, 0.29) is 20.7 Å². The molecule has 0 saturated carbocycles. The Labute approximate surface area is 122 Å². The van der Waals surface area contributed by atoms with E-state index in [0.29, 0.717) is 11.3 Å². The van der Waals surface area contributed by atoms with Gasteiger partial charge in [0.2, 0.25) is 0 Å². The molecule has 0 atom stereocenters. The second-order valence-electron chi connectivity index (χ2n) is 3.75. The lowest BCUT2D eigenvalue weighted by Crippen LogP contribution is -2.12. The molecular formula is C10H9FN4O4S2. The average molecular weight is 332 g/mol. The van der Waals surface area contributed by atoms with Gasteiger partial charge in [-0.3, -0.25) is 14.8 Å². The lowest BCUT2D eigenvalue weighted by molar-refractivity contribution is -0.383. The van der Waals surface area contributed by atoms with E-state index in [1.165, 1.54) is 7.05 Å². The van der Waals surface area contributed by atoms with Gasteiger partial charge in [0.25, 0.3) is 10.0 Å². The fourth-order valence-electron chi connectivity index (χ4n) is 1.43. The van der Waals surface area contributed by atoms with Crippen LogP contribution in [0.25, 0.3) is 0 Å². The van der Waals surface area contributed by atoms with Crippen LogP contribution in [-0.4, -0.2) is 25.4 Å². The molecule has 8 nitrogen and oxygen atoms in total. The minimum atomic E-state index is -4.03. The molecule has 0 aromatic carbocycles. The predicted molar refractivity (Wildman–Crippen MR) is 75.5 cm³/mol. The van der Waals surface area contributed by atoms with Crippen molar-refractivity contribution in [1.82, 2.24) is 4.98 Å². The number of aromatic nitrogens is 1. The van der Waals surface area contributed by atoms with E-state index in [0.717, 1.165) is 24.4 Å². The second kappa shape index (κ2) is 5.61. The Morgan fingerprint density at radius 3 is 2.62 bits per heavy atom. The first kappa shape index (κ1) is 15.1. The minimum absolute atomic E-state index is 0.0848. The van der Waals surface area contributed by atoms with Gasteiger partial charge in [-0.15, -0.1) is 0 Å². The smallest absolute Gasteiger partial charge is 0.304 e. The largest absolute Gasteiger partial charge is 0.374 e. The SMILES string of the molecule is CNc1sc(S(=O)(=O)Nc2ccc(F)cn2)cc1[N+](=O)[O-]. The Bertz CT molecular complexity index is 773. The molecule has 2 aromatic heterocycles. The maximum absolute atomic E-state index is 12.7. The predicted octanol–water partition coefficient (Wildman–Crippen LogP) is 2.03. The monoisotopic (exact) mass is 332 g/mol. The molecule has 2 N–H and O–H groups in total. The molecule has 11 heteroatoms. The zero-order valence-electron chi connectivity index (χ0n) is 10.5. The van der Waals surface area contributed by atoms with Crippen LogP contribution in [0, 0.1) is 15.9 Å². The first-order chi connectivity index (χ1) is 9.83. The van der Waals surface area contributed by atoms with Gasteiger partial charge < -0.3 is 5.32 Å². The molecule has 112 valence electrons. The molecule has 0 bridgehead atoms. The van der Waals surface area contributed by atoms with Crippen LogP contribution in [0.2, 0.25) is 0 Å². The number of anilines is 2. The summed E-state index contributed by atoms with van der Waals surface area (Å²) in [5, 5.41) is 13.5. The number of pyridine rings is 1. The molecule has 2 aromatic rings. The van der Waals surface area contributed by atoms with Gasteiger partial charge in [0.15, 0.2) is 5.00 Å². The minimum Gasteiger partial charge on any atom is -0.374 e. The number of thiophene rings is 1. The summed E-state index contributed by atoms with van der Waals surface area (Å²) < 4.78 is 38.8. The molecular weight excluding hydrogens is 323 g/mol. The number of rotatable bonds is 5. The van der Waals surface area contributed by atoms with E-state index in [2.05, 4.69) is 15.0 Å². The summed E-state index contributed by atoms with van der Waals surface area (Å²) in [7, 11) is -2.58. The molecule has 0 aliphatic rings. The highest BCUT2D eigenvalue weighted by Gasteiger charge is 2.26. The van der Waals surface area contributed by atoms with Gasteiger partial charge in [-0.1, -0.05) is 11.3 Å². The highest BCUT2D eigenvalue weighted by atomic mass is 32.2. The fourth-order valence-corrected chi connectivity index (χ4v) is 3.72. The number of hydrogen-bond acceptors (Lipinski definition) is 7. The van der Waals surface area contributed by atoms with Crippen molar-refractivity contribution in [3.63, 3.8) is 0 Å². The first-order valence-electron chi connectivity index (χ1n) is 5.44. The molecule has 2 heterocycles. The topological polar surface area (TPSA) is 114 Å². The third kappa shape index (κ3) is 3.25. The molecule has 0 unspecified atom stereocenters. The molecule has 0 aliphatic heterocycles. The summed E-state index contributed by atoms with van der Waals surface area (Å²) in [6.45, 7) is 0. The van der Waals surface area contributed by atoms with Crippen molar-refractivity contribution in [1.29, 1.82) is 0 Å². The Morgan fingerprint density at radius 2 is 2.14 bits per heavy atom. The molecule has 2 rings (SSSR count). The Balaban J connectivity index is 2.35. The number of nitrogens with one attached hydrogen (secondary N) is 2. The standard InChI is InChI=1S/C10H9FN4O4S2/c1-12-10-7(15(16)17)4-9(20-10)21(18,19)14-8-3-2-6(11)5-13-8/h2-5,12H,1H3,(H,13,14). The van der Waals surface area contributed by atoms with Crippen LogP contribution in [-0.2, 0) is 10.0 Å². The molecule has 0 aliphatic carbocycles. The summed E-state index contributed by atoms with van der Waals surface area (Å²) in [6.07, 6.45) is 0.855. The molecule has 0 amide bonds. The van der Waals surface area contributed by atoms with Gasteiger partial charge in [-0.05, 0) is 12.1 Å². The van der Waals surface area contributed by atoms with E-state index in [9.17, 15) is 22.9 Å². The van der Waals surface area contributed by atoms with Crippen molar-refractivity contribution in [2.75, 3.05) is 17.1 Å². The van der Waals surface area contributed by atoms with Crippen LogP contribution in [0.3, 0.4) is 0 Å². The van der Waals surface area contributed by atoms with Crippen molar-refractivity contribution < 1.29 is 17.7 Å². The highest BCUT2D eigenvalue weighted by Crippen LogP contribution is 2.37. The van der Waals surface area contributed by atoms with Crippen molar-refractivity contribution in [2.45, 2.75) is 4.21 Å². The van der Waals surface area contributed by atoms with E-state index in [4.69, 9.17) is 0 Å². The number of hydrogen-bond donors (Lipinski definition) is 2. The zero-order chi connectivity index (χ0) is 15.6. The van der Waals surface area contributed by atoms with Crippen LogP contribution < -0.4 is 10.0 Å². The summed E-state index contributed by atoms with van der Waals surface area (Å²) in [5.41, 5.74) is -0.338.